The van der Waals surface area contributed by atoms with Crippen molar-refractivity contribution in [1.82, 2.24) is 5.32 Å². The molecule has 0 radical (unpaired) electrons. The number of likely N-dealkylation sites (N-methyl/N-ethyl adjacent to an activating group) is 1. The molecule has 0 spiro atoms. The average Bonchev–Trinajstić information content (AvgIpc) is 2.24. The van der Waals surface area contributed by atoms with Crippen LogP contribution >= 0.6 is 0 Å². The minimum atomic E-state index is -0.170. The van der Waals surface area contributed by atoms with Gasteiger partial charge in [-0.1, -0.05) is 12.1 Å². The van der Waals surface area contributed by atoms with E-state index < -0.39 is 0 Å². The van der Waals surface area contributed by atoms with Crippen molar-refractivity contribution in [1.29, 1.82) is 0 Å². The van der Waals surface area contributed by atoms with Gasteiger partial charge in [-0.3, -0.25) is 0 Å². The van der Waals surface area contributed by atoms with E-state index in [2.05, 4.69) is 5.32 Å². The minimum absolute atomic E-state index is 0.0112. The molecule has 0 saturated carbocycles. The van der Waals surface area contributed by atoms with E-state index in [1.165, 1.54) is 0 Å². The second kappa shape index (κ2) is 5.24. The van der Waals surface area contributed by atoms with Crippen molar-refractivity contribution in [3.63, 3.8) is 0 Å². The van der Waals surface area contributed by atoms with Crippen molar-refractivity contribution >= 4 is 0 Å². The SMILES string of the molecule is CNC(c1ccc(C)c(F)c1)C(C)OC. The molecular weight excluding hydrogens is 193 g/mol. The molecule has 15 heavy (non-hydrogen) atoms. The van der Waals surface area contributed by atoms with E-state index in [0.29, 0.717) is 5.56 Å². The fourth-order valence-electron chi connectivity index (χ4n) is 1.61. The zero-order chi connectivity index (χ0) is 11.4. The first-order valence-electron chi connectivity index (χ1n) is 5.06. The van der Waals surface area contributed by atoms with E-state index in [1.54, 1.807) is 26.2 Å². The van der Waals surface area contributed by atoms with Crippen molar-refractivity contribution in [2.75, 3.05) is 14.2 Å². The van der Waals surface area contributed by atoms with Crippen LogP contribution in [0.15, 0.2) is 18.2 Å². The van der Waals surface area contributed by atoms with Crippen LogP contribution in [0.2, 0.25) is 0 Å². The Kier molecular flexibility index (Phi) is 4.24. The summed E-state index contributed by atoms with van der Waals surface area (Å²) in [5.41, 5.74) is 1.58. The lowest BCUT2D eigenvalue weighted by atomic mass is 10.0. The largest absolute Gasteiger partial charge is 0.380 e. The summed E-state index contributed by atoms with van der Waals surface area (Å²) >= 11 is 0. The molecule has 0 fully saturated rings. The van der Waals surface area contributed by atoms with Gasteiger partial charge >= 0.3 is 0 Å². The van der Waals surface area contributed by atoms with E-state index in [1.807, 2.05) is 20.0 Å². The average molecular weight is 211 g/mol. The van der Waals surface area contributed by atoms with E-state index in [0.717, 1.165) is 5.56 Å². The van der Waals surface area contributed by atoms with E-state index >= 15 is 0 Å². The Labute approximate surface area is 90.4 Å². The van der Waals surface area contributed by atoms with Crippen molar-refractivity contribution in [3.8, 4) is 0 Å². The van der Waals surface area contributed by atoms with Gasteiger partial charge in [0.1, 0.15) is 5.82 Å². The summed E-state index contributed by atoms with van der Waals surface area (Å²) in [7, 11) is 3.50. The highest BCUT2D eigenvalue weighted by molar-refractivity contribution is 5.26. The normalized spacial score (nSPS) is 15.0. The van der Waals surface area contributed by atoms with Crippen molar-refractivity contribution in [2.24, 2.45) is 0 Å². The van der Waals surface area contributed by atoms with Gasteiger partial charge in [0, 0.05) is 7.11 Å². The van der Waals surface area contributed by atoms with Crippen LogP contribution in [0.5, 0.6) is 0 Å². The summed E-state index contributed by atoms with van der Waals surface area (Å²) in [5, 5.41) is 3.12. The standard InChI is InChI=1S/C12H18FNO/c1-8-5-6-10(7-11(8)13)12(14-3)9(2)15-4/h5-7,9,12,14H,1-4H3. The summed E-state index contributed by atoms with van der Waals surface area (Å²) in [5.74, 6) is -0.170. The molecule has 0 aromatic heterocycles. The fourth-order valence-corrected chi connectivity index (χ4v) is 1.61. The minimum Gasteiger partial charge on any atom is -0.380 e. The number of rotatable bonds is 4. The number of methoxy groups -OCH3 is 1. The predicted octanol–water partition coefficient (Wildman–Crippen LogP) is 2.43. The molecule has 0 aliphatic rings. The Bertz CT molecular complexity index is 327. The third-order valence-corrected chi connectivity index (χ3v) is 2.71. The van der Waals surface area contributed by atoms with Gasteiger partial charge in [-0.25, -0.2) is 4.39 Å². The van der Waals surface area contributed by atoms with Gasteiger partial charge in [0.2, 0.25) is 0 Å². The molecule has 0 heterocycles. The molecule has 3 heteroatoms. The van der Waals surface area contributed by atoms with Crippen LogP contribution in [0.3, 0.4) is 0 Å². The van der Waals surface area contributed by atoms with Crippen LogP contribution in [-0.2, 0) is 4.74 Å². The molecule has 0 saturated heterocycles. The highest BCUT2D eigenvalue weighted by Crippen LogP contribution is 2.20. The van der Waals surface area contributed by atoms with Crippen molar-refractivity contribution in [3.05, 3.63) is 35.1 Å². The van der Waals surface area contributed by atoms with Crippen molar-refractivity contribution in [2.45, 2.75) is 26.0 Å². The number of benzene rings is 1. The second-order valence-corrected chi connectivity index (χ2v) is 3.72. The summed E-state index contributed by atoms with van der Waals surface area (Å²) < 4.78 is 18.6. The summed E-state index contributed by atoms with van der Waals surface area (Å²) in [6.45, 7) is 3.71. The molecule has 0 aliphatic carbocycles. The zero-order valence-corrected chi connectivity index (χ0v) is 9.67. The zero-order valence-electron chi connectivity index (χ0n) is 9.67. The number of nitrogens with one attached hydrogen (secondary N) is 1. The predicted molar refractivity (Wildman–Crippen MR) is 59.4 cm³/mol. The number of ether oxygens (including phenoxy) is 1. The van der Waals surface area contributed by atoms with Gasteiger partial charge in [0.15, 0.2) is 0 Å². The summed E-state index contributed by atoms with van der Waals surface area (Å²) in [4.78, 5) is 0. The van der Waals surface area contributed by atoms with Crippen LogP contribution < -0.4 is 5.32 Å². The smallest absolute Gasteiger partial charge is 0.126 e. The number of aryl methyl sites for hydroxylation is 1. The molecule has 84 valence electrons. The maximum Gasteiger partial charge on any atom is 0.126 e. The van der Waals surface area contributed by atoms with E-state index in [4.69, 9.17) is 4.74 Å². The molecule has 1 rings (SSSR count). The molecule has 1 N–H and O–H groups in total. The van der Waals surface area contributed by atoms with Crippen LogP contribution in [0.25, 0.3) is 0 Å². The van der Waals surface area contributed by atoms with Gasteiger partial charge < -0.3 is 10.1 Å². The first kappa shape index (κ1) is 12.1. The van der Waals surface area contributed by atoms with Crippen LogP contribution in [0.1, 0.15) is 24.1 Å². The van der Waals surface area contributed by atoms with E-state index in [-0.39, 0.29) is 18.0 Å². The molecule has 0 aliphatic heterocycles. The molecule has 2 atom stereocenters. The number of hydrogen-bond donors (Lipinski definition) is 1. The molecule has 1 aromatic rings. The monoisotopic (exact) mass is 211 g/mol. The maximum atomic E-state index is 13.4. The quantitative estimate of drug-likeness (QED) is 0.826. The first-order valence-corrected chi connectivity index (χ1v) is 5.06. The maximum absolute atomic E-state index is 13.4. The van der Waals surface area contributed by atoms with Gasteiger partial charge in [-0.2, -0.15) is 0 Å². The van der Waals surface area contributed by atoms with Crippen LogP contribution in [-0.4, -0.2) is 20.3 Å². The van der Waals surface area contributed by atoms with Crippen molar-refractivity contribution < 1.29 is 9.13 Å². The van der Waals surface area contributed by atoms with Gasteiger partial charge in [-0.05, 0) is 38.1 Å². The fraction of sp³-hybridized carbons (Fsp3) is 0.500. The van der Waals surface area contributed by atoms with Crippen LogP contribution in [0.4, 0.5) is 4.39 Å². The molecular formula is C12H18FNO. The molecule has 0 bridgehead atoms. The lowest BCUT2D eigenvalue weighted by Gasteiger charge is -2.23. The molecule has 1 aromatic carbocycles. The highest BCUT2D eigenvalue weighted by Gasteiger charge is 2.17. The second-order valence-electron chi connectivity index (χ2n) is 3.72. The lowest BCUT2D eigenvalue weighted by Crippen LogP contribution is -2.28. The molecule has 2 nitrogen and oxygen atoms in total. The number of halogens is 1. The van der Waals surface area contributed by atoms with Gasteiger partial charge in [-0.15, -0.1) is 0 Å². The number of hydrogen-bond acceptors (Lipinski definition) is 2. The highest BCUT2D eigenvalue weighted by atomic mass is 19.1. The summed E-state index contributed by atoms with van der Waals surface area (Å²) in [6, 6.07) is 5.29. The summed E-state index contributed by atoms with van der Waals surface area (Å²) in [6.07, 6.45) is 0.0112. The Balaban J connectivity index is 2.97. The van der Waals surface area contributed by atoms with Crippen LogP contribution in [0, 0.1) is 12.7 Å². The first-order chi connectivity index (χ1) is 7.10. The topological polar surface area (TPSA) is 21.3 Å². The Morgan fingerprint density at radius 3 is 2.53 bits per heavy atom. The Morgan fingerprint density at radius 1 is 1.40 bits per heavy atom. The molecule has 0 amide bonds. The van der Waals surface area contributed by atoms with Gasteiger partial charge in [0.05, 0.1) is 12.1 Å². The van der Waals surface area contributed by atoms with E-state index in [9.17, 15) is 4.39 Å². The Morgan fingerprint density at radius 2 is 2.07 bits per heavy atom. The third kappa shape index (κ3) is 2.76. The van der Waals surface area contributed by atoms with Gasteiger partial charge in [0.25, 0.3) is 0 Å². The Hall–Kier alpha value is -0.930. The third-order valence-electron chi connectivity index (χ3n) is 2.71. The molecule has 2 unspecified atom stereocenters. The lowest BCUT2D eigenvalue weighted by molar-refractivity contribution is 0.0856.